The van der Waals surface area contributed by atoms with E-state index >= 15 is 0 Å². The van der Waals surface area contributed by atoms with Gasteiger partial charge in [0.05, 0.1) is 24.1 Å². The van der Waals surface area contributed by atoms with Crippen LogP contribution in [0.3, 0.4) is 0 Å². The number of hydrogen-bond donors (Lipinski definition) is 1. The molecule has 134 valence electrons. The molecule has 1 saturated heterocycles. The predicted octanol–water partition coefficient (Wildman–Crippen LogP) is 4.03. The van der Waals surface area contributed by atoms with Gasteiger partial charge >= 0.3 is 0 Å². The van der Waals surface area contributed by atoms with Crippen LogP contribution in [0.2, 0.25) is 0 Å². The van der Waals surface area contributed by atoms with E-state index in [1.807, 2.05) is 13.1 Å². The van der Waals surface area contributed by atoms with E-state index in [0.29, 0.717) is 6.04 Å². The Hall–Kier alpha value is -2.38. The highest BCUT2D eigenvalue weighted by Crippen LogP contribution is 2.33. The highest BCUT2D eigenvalue weighted by Gasteiger charge is 2.27. The van der Waals surface area contributed by atoms with E-state index in [1.54, 1.807) is 6.20 Å². The minimum atomic E-state index is 0.306. The first-order valence-electron chi connectivity index (χ1n) is 8.86. The SMILES string of the molecule is Cc1nnc(Nc2cncc([C@H]3CCCN3Cc3ccccc3C)n2)s1. The molecule has 1 atom stereocenters. The Balaban J connectivity index is 1.52. The van der Waals surface area contributed by atoms with Crippen LogP contribution < -0.4 is 5.32 Å². The van der Waals surface area contributed by atoms with Crippen LogP contribution >= 0.6 is 11.3 Å². The van der Waals surface area contributed by atoms with Gasteiger partial charge in [0.25, 0.3) is 0 Å². The molecule has 0 bridgehead atoms. The zero-order chi connectivity index (χ0) is 17.9. The van der Waals surface area contributed by atoms with Gasteiger partial charge in [-0.2, -0.15) is 0 Å². The summed E-state index contributed by atoms with van der Waals surface area (Å²) in [6, 6.07) is 8.90. The van der Waals surface area contributed by atoms with Gasteiger partial charge in [-0.15, -0.1) is 10.2 Å². The number of aromatic nitrogens is 4. The summed E-state index contributed by atoms with van der Waals surface area (Å²) in [4.78, 5) is 11.7. The standard InChI is InChI=1S/C19H22N6S/c1-13-6-3-4-7-15(13)12-25-9-5-8-17(25)16-10-20-11-18(21-16)22-19-24-23-14(2)26-19/h3-4,6-7,10-11,17H,5,8-9,12H2,1-2H3,(H,21,22,24)/t17-/m1/s1. The summed E-state index contributed by atoms with van der Waals surface area (Å²) in [6.45, 7) is 6.15. The average Bonchev–Trinajstić information content (AvgIpc) is 3.26. The number of rotatable bonds is 5. The van der Waals surface area contributed by atoms with E-state index < -0.39 is 0 Å². The maximum absolute atomic E-state index is 4.80. The normalized spacial score (nSPS) is 17.5. The summed E-state index contributed by atoms with van der Waals surface area (Å²) < 4.78 is 0. The third kappa shape index (κ3) is 3.73. The second kappa shape index (κ2) is 7.47. The molecule has 1 aliphatic heterocycles. The number of benzene rings is 1. The van der Waals surface area contributed by atoms with Crippen molar-refractivity contribution in [3.8, 4) is 0 Å². The van der Waals surface area contributed by atoms with Gasteiger partial charge in [0.2, 0.25) is 5.13 Å². The number of hydrogen-bond acceptors (Lipinski definition) is 7. The molecule has 6 nitrogen and oxygen atoms in total. The Kier molecular flexibility index (Phi) is 4.90. The van der Waals surface area contributed by atoms with E-state index in [2.05, 4.69) is 56.6 Å². The fourth-order valence-electron chi connectivity index (χ4n) is 3.42. The fraction of sp³-hybridized carbons (Fsp3) is 0.368. The zero-order valence-corrected chi connectivity index (χ0v) is 15.8. The first-order valence-corrected chi connectivity index (χ1v) is 9.68. The van der Waals surface area contributed by atoms with Crippen LogP contribution in [0.25, 0.3) is 0 Å². The van der Waals surface area contributed by atoms with Gasteiger partial charge in [0.15, 0.2) is 5.82 Å². The summed E-state index contributed by atoms with van der Waals surface area (Å²) in [5.41, 5.74) is 3.74. The number of anilines is 2. The van der Waals surface area contributed by atoms with E-state index in [9.17, 15) is 0 Å². The van der Waals surface area contributed by atoms with E-state index in [1.165, 1.54) is 28.9 Å². The highest BCUT2D eigenvalue weighted by molar-refractivity contribution is 7.15. The van der Waals surface area contributed by atoms with Crippen LogP contribution in [0.5, 0.6) is 0 Å². The summed E-state index contributed by atoms with van der Waals surface area (Å²) >= 11 is 1.51. The monoisotopic (exact) mass is 366 g/mol. The summed E-state index contributed by atoms with van der Waals surface area (Å²) in [5, 5.41) is 13.0. The molecule has 1 aliphatic rings. The molecule has 0 radical (unpaired) electrons. The third-order valence-electron chi connectivity index (χ3n) is 4.75. The molecule has 4 rings (SSSR count). The smallest absolute Gasteiger partial charge is 0.211 e. The molecule has 3 heterocycles. The van der Waals surface area contributed by atoms with Gasteiger partial charge < -0.3 is 5.32 Å². The first-order chi connectivity index (χ1) is 12.7. The maximum atomic E-state index is 4.80. The van der Waals surface area contributed by atoms with Gasteiger partial charge in [-0.1, -0.05) is 35.6 Å². The average molecular weight is 366 g/mol. The first kappa shape index (κ1) is 17.1. The van der Waals surface area contributed by atoms with Crippen molar-refractivity contribution in [3.05, 3.63) is 58.5 Å². The second-order valence-corrected chi connectivity index (χ2v) is 7.82. The fourth-order valence-corrected chi connectivity index (χ4v) is 4.01. The quantitative estimate of drug-likeness (QED) is 0.735. The van der Waals surface area contributed by atoms with Crippen molar-refractivity contribution in [2.45, 2.75) is 39.3 Å². The Labute approximate surface area is 157 Å². The Morgan fingerprint density at radius 1 is 1.19 bits per heavy atom. The van der Waals surface area contributed by atoms with Crippen LogP contribution in [-0.2, 0) is 6.54 Å². The summed E-state index contributed by atoms with van der Waals surface area (Å²) in [7, 11) is 0. The summed E-state index contributed by atoms with van der Waals surface area (Å²) in [5.74, 6) is 0.724. The second-order valence-electron chi connectivity index (χ2n) is 6.64. The van der Waals surface area contributed by atoms with Gasteiger partial charge in [-0.05, 0) is 44.4 Å². The Bertz CT molecular complexity index is 893. The third-order valence-corrected chi connectivity index (χ3v) is 5.51. The van der Waals surface area contributed by atoms with Crippen LogP contribution in [-0.4, -0.2) is 31.6 Å². The molecule has 3 aromatic rings. The van der Waals surface area contributed by atoms with Crippen LogP contribution in [0.4, 0.5) is 10.9 Å². The highest BCUT2D eigenvalue weighted by atomic mass is 32.1. The molecule has 0 unspecified atom stereocenters. The lowest BCUT2D eigenvalue weighted by Crippen LogP contribution is -2.24. The van der Waals surface area contributed by atoms with Crippen molar-refractivity contribution >= 4 is 22.3 Å². The van der Waals surface area contributed by atoms with Gasteiger partial charge in [-0.3, -0.25) is 9.88 Å². The molecule has 1 aromatic carbocycles. The van der Waals surface area contributed by atoms with Crippen molar-refractivity contribution in [1.29, 1.82) is 0 Å². The van der Waals surface area contributed by atoms with E-state index in [0.717, 1.165) is 41.2 Å². The van der Waals surface area contributed by atoms with Crippen molar-refractivity contribution in [3.63, 3.8) is 0 Å². The largest absolute Gasteiger partial charge is 0.313 e. The maximum Gasteiger partial charge on any atom is 0.211 e. The molecular weight excluding hydrogens is 344 g/mol. The molecule has 0 amide bonds. The van der Waals surface area contributed by atoms with Crippen molar-refractivity contribution in [2.75, 3.05) is 11.9 Å². The Morgan fingerprint density at radius 3 is 2.88 bits per heavy atom. The molecular formula is C19H22N6S. The van der Waals surface area contributed by atoms with Gasteiger partial charge in [-0.25, -0.2) is 4.98 Å². The Morgan fingerprint density at radius 2 is 2.08 bits per heavy atom. The van der Waals surface area contributed by atoms with Crippen molar-refractivity contribution in [2.24, 2.45) is 0 Å². The lowest BCUT2D eigenvalue weighted by atomic mass is 10.1. The lowest BCUT2D eigenvalue weighted by Gasteiger charge is -2.24. The molecule has 2 aromatic heterocycles. The number of aryl methyl sites for hydroxylation is 2. The van der Waals surface area contributed by atoms with E-state index in [4.69, 9.17) is 4.98 Å². The molecule has 7 heteroatoms. The number of nitrogens with zero attached hydrogens (tertiary/aromatic N) is 5. The topological polar surface area (TPSA) is 66.8 Å². The molecule has 1 fully saturated rings. The van der Waals surface area contributed by atoms with Crippen LogP contribution in [0, 0.1) is 13.8 Å². The van der Waals surface area contributed by atoms with E-state index in [-0.39, 0.29) is 0 Å². The van der Waals surface area contributed by atoms with Crippen LogP contribution in [0.15, 0.2) is 36.7 Å². The molecule has 0 saturated carbocycles. The van der Waals surface area contributed by atoms with Gasteiger partial charge in [0, 0.05) is 6.54 Å². The lowest BCUT2D eigenvalue weighted by molar-refractivity contribution is 0.243. The number of likely N-dealkylation sites (tertiary alicyclic amines) is 1. The summed E-state index contributed by atoms with van der Waals surface area (Å²) in [6.07, 6.45) is 5.92. The van der Waals surface area contributed by atoms with Crippen molar-refractivity contribution in [1.82, 2.24) is 25.1 Å². The zero-order valence-electron chi connectivity index (χ0n) is 15.0. The molecule has 0 spiro atoms. The number of nitrogens with one attached hydrogen (secondary N) is 1. The predicted molar refractivity (Wildman–Crippen MR) is 104 cm³/mol. The minimum absolute atomic E-state index is 0.306. The van der Waals surface area contributed by atoms with Gasteiger partial charge in [0.1, 0.15) is 5.01 Å². The van der Waals surface area contributed by atoms with Crippen molar-refractivity contribution < 1.29 is 0 Å². The molecule has 1 N–H and O–H groups in total. The van der Waals surface area contributed by atoms with Crippen LogP contribution in [0.1, 0.15) is 40.7 Å². The minimum Gasteiger partial charge on any atom is -0.313 e. The molecule has 26 heavy (non-hydrogen) atoms. The molecule has 0 aliphatic carbocycles.